The van der Waals surface area contributed by atoms with Crippen LogP contribution in [0.3, 0.4) is 0 Å². The molecule has 1 aromatic heterocycles. The van der Waals surface area contributed by atoms with Crippen molar-refractivity contribution in [3.8, 4) is 0 Å². The first kappa shape index (κ1) is 14.0. The SMILES string of the molecule is Cc1nc(C)c(C(=O)N(C)Cc2ccccc2)c(=O)[nH]1. The number of hydrogen-bond donors (Lipinski definition) is 1. The molecule has 5 nitrogen and oxygen atoms in total. The summed E-state index contributed by atoms with van der Waals surface area (Å²) in [5.74, 6) is 0.190. The fraction of sp³-hybridized carbons (Fsp3) is 0.267. The molecule has 0 saturated heterocycles. The van der Waals surface area contributed by atoms with Gasteiger partial charge < -0.3 is 9.88 Å². The van der Waals surface area contributed by atoms with Crippen LogP contribution >= 0.6 is 0 Å². The molecule has 1 heterocycles. The molecule has 2 aromatic rings. The van der Waals surface area contributed by atoms with Gasteiger partial charge in [0.2, 0.25) is 0 Å². The van der Waals surface area contributed by atoms with Crippen molar-refractivity contribution >= 4 is 5.91 Å². The predicted molar refractivity (Wildman–Crippen MR) is 76.6 cm³/mol. The Bertz CT molecular complexity index is 677. The van der Waals surface area contributed by atoms with Crippen LogP contribution < -0.4 is 5.56 Å². The fourth-order valence-electron chi connectivity index (χ4n) is 2.10. The minimum atomic E-state index is -0.389. The summed E-state index contributed by atoms with van der Waals surface area (Å²) in [6, 6.07) is 9.63. The first-order valence-electron chi connectivity index (χ1n) is 6.36. The highest BCUT2D eigenvalue weighted by atomic mass is 16.2. The molecular formula is C15H17N3O2. The highest BCUT2D eigenvalue weighted by molar-refractivity contribution is 5.94. The maximum absolute atomic E-state index is 12.4. The van der Waals surface area contributed by atoms with Crippen molar-refractivity contribution in [3.05, 3.63) is 63.3 Å². The molecule has 0 spiro atoms. The number of nitrogens with zero attached hydrogens (tertiary/aromatic N) is 2. The third kappa shape index (κ3) is 2.93. The summed E-state index contributed by atoms with van der Waals surface area (Å²) in [4.78, 5) is 32.5. The van der Waals surface area contributed by atoms with Gasteiger partial charge in [-0.3, -0.25) is 9.59 Å². The molecule has 0 atom stereocenters. The van der Waals surface area contributed by atoms with Crippen LogP contribution in [0.5, 0.6) is 0 Å². The van der Waals surface area contributed by atoms with Gasteiger partial charge in [-0.05, 0) is 19.4 Å². The number of aromatic nitrogens is 2. The van der Waals surface area contributed by atoms with Crippen LogP contribution in [0.15, 0.2) is 35.1 Å². The number of benzene rings is 1. The lowest BCUT2D eigenvalue weighted by atomic mass is 10.1. The Hall–Kier alpha value is -2.43. The Labute approximate surface area is 117 Å². The summed E-state index contributed by atoms with van der Waals surface area (Å²) in [5, 5.41) is 0. The molecule has 0 radical (unpaired) electrons. The van der Waals surface area contributed by atoms with Crippen LogP contribution in [0.25, 0.3) is 0 Å². The van der Waals surface area contributed by atoms with Crippen molar-refractivity contribution in [2.24, 2.45) is 0 Å². The standard InChI is InChI=1S/C15H17N3O2/c1-10-13(14(19)17-11(2)16-10)15(20)18(3)9-12-7-5-4-6-8-12/h4-8H,9H2,1-3H3,(H,16,17,19). The first-order chi connectivity index (χ1) is 9.49. The average molecular weight is 271 g/mol. The Morgan fingerprint density at radius 3 is 2.50 bits per heavy atom. The summed E-state index contributed by atoms with van der Waals surface area (Å²) >= 11 is 0. The lowest BCUT2D eigenvalue weighted by Gasteiger charge is -2.17. The molecule has 0 aliphatic heterocycles. The minimum absolute atomic E-state index is 0.106. The number of rotatable bonds is 3. The van der Waals surface area contributed by atoms with Crippen molar-refractivity contribution < 1.29 is 4.79 Å². The van der Waals surface area contributed by atoms with E-state index in [0.29, 0.717) is 18.1 Å². The molecule has 104 valence electrons. The zero-order chi connectivity index (χ0) is 14.7. The molecule has 2 rings (SSSR count). The lowest BCUT2D eigenvalue weighted by molar-refractivity contribution is 0.0782. The van der Waals surface area contributed by atoms with Gasteiger partial charge in [0.25, 0.3) is 11.5 Å². The molecule has 0 aliphatic rings. The Morgan fingerprint density at radius 1 is 1.25 bits per heavy atom. The van der Waals surface area contributed by atoms with E-state index in [1.54, 1.807) is 20.9 Å². The summed E-state index contributed by atoms with van der Waals surface area (Å²) in [6.45, 7) is 3.81. The molecule has 1 amide bonds. The maximum Gasteiger partial charge on any atom is 0.264 e. The van der Waals surface area contributed by atoms with E-state index in [2.05, 4.69) is 9.97 Å². The number of aromatic amines is 1. The van der Waals surface area contributed by atoms with Crippen LogP contribution in [0.1, 0.15) is 27.4 Å². The summed E-state index contributed by atoms with van der Waals surface area (Å²) < 4.78 is 0. The van der Waals surface area contributed by atoms with Gasteiger partial charge in [-0.1, -0.05) is 30.3 Å². The normalized spacial score (nSPS) is 10.3. The third-order valence-corrected chi connectivity index (χ3v) is 3.04. The number of hydrogen-bond acceptors (Lipinski definition) is 3. The molecule has 1 N–H and O–H groups in total. The Balaban J connectivity index is 2.26. The number of amides is 1. The first-order valence-corrected chi connectivity index (χ1v) is 6.36. The molecule has 0 bridgehead atoms. The molecule has 20 heavy (non-hydrogen) atoms. The molecule has 5 heteroatoms. The van der Waals surface area contributed by atoms with Crippen molar-refractivity contribution in [2.45, 2.75) is 20.4 Å². The van der Waals surface area contributed by atoms with E-state index in [0.717, 1.165) is 5.56 Å². The van der Waals surface area contributed by atoms with Gasteiger partial charge in [-0.15, -0.1) is 0 Å². The number of carbonyl (C=O) groups excluding carboxylic acids is 1. The minimum Gasteiger partial charge on any atom is -0.337 e. The van der Waals surface area contributed by atoms with E-state index in [4.69, 9.17) is 0 Å². The second kappa shape index (κ2) is 5.69. The summed E-state index contributed by atoms with van der Waals surface area (Å²) in [6.07, 6.45) is 0. The zero-order valence-corrected chi connectivity index (χ0v) is 11.8. The van der Waals surface area contributed by atoms with Crippen molar-refractivity contribution in [1.29, 1.82) is 0 Å². The highest BCUT2D eigenvalue weighted by Gasteiger charge is 2.19. The monoisotopic (exact) mass is 271 g/mol. The van der Waals surface area contributed by atoms with E-state index in [-0.39, 0.29) is 17.0 Å². The molecule has 0 aliphatic carbocycles. The second-order valence-corrected chi connectivity index (χ2v) is 4.76. The van der Waals surface area contributed by atoms with Gasteiger partial charge in [0, 0.05) is 13.6 Å². The second-order valence-electron chi connectivity index (χ2n) is 4.76. The van der Waals surface area contributed by atoms with Crippen molar-refractivity contribution in [3.63, 3.8) is 0 Å². The summed E-state index contributed by atoms with van der Waals surface area (Å²) in [7, 11) is 1.67. The number of nitrogens with one attached hydrogen (secondary N) is 1. The zero-order valence-electron chi connectivity index (χ0n) is 11.8. The lowest BCUT2D eigenvalue weighted by Crippen LogP contribution is -2.33. The molecule has 0 unspecified atom stereocenters. The van der Waals surface area contributed by atoms with E-state index in [9.17, 15) is 9.59 Å². The van der Waals surface area contributed by atoms with E-state index >= 15 is 0 Å². The molecule has 0 saturated carbocycles. The quantitative estimate of drug-likeness (QED) is 0.923. The number of carbonyl (C=O) groups is 1. The Kier molecular flexibility index (Phi) is 3.98. The van der Waals surface area contributed by atoms with Crippen molar-refractivity contribution in [1.82, 2.24) is 14.9 Å². The highest BCUT2D eigenvalue weighted by Crippen LogP contribution is 2.07. The molecule has 0 fully saturated rings. The van der Waals surface area contributed by atoms with Crippen LogP contribution in [0, 0.1) is 13.8 Å². The number of aryl methyl sites for hydroxylation is 2. The topological polar surface area (TPSA) is 66.1 Å². The molecular weight excluding hydrogens is 254 g/mol. The number of H-pyrrole nitrogens is 1. The Morgan fingerprint density at radius 2 is 1.90 bits per heavy atom. The van der Waals surface area contributed by atoms with Crippen molar-refractivity contribution in [2.75, 3.05) is 7.05 Å². The van der Waals surface area contributed by atoms with Gasteiger partial charge in [-0.25, -0.2) is 4.98 Å². The maximum atomic E-state index is 12.4. The van der Waals surface area contributed by atoms with Crippen LogP contribution in [-0.2, 0) is 6.54 Å². The van der Waals surface area contributed by atoms with E-state index in [1.807, 2.05) is 30.3 Å². The predicted octanol–water partition coefficient (Wildman–Crippen LogP) is 1.66. The van der Waals surface area contributed by atoms with Gasteiger partial charge in [-0.2, -0.15) is 0 Å². The van der Waals surface area contributed by atoms with Crippen LogP contribution in [-0.4, -0.2) is 27.8 Å². The van der Waals surface area contributed by atoms with Gasteiger partial charge in [0.1, 0.15) is 11.4 Å². The van der Waals surface area contributed by atoms with Gasteiger partial charge in [0.15, 0.2) is 0 Å². The fourth-order valence-corrected chi connectivity index (χ4v) is 2.10. The van der Waals surface area contributed by atoms with Crippen LogP contribution in [0.4, 0.5) is 0 Å². The van der Waals surface area contributed by atoms with Gasteiger partial charge >= 0.3 is 0 Å². The smallest absolute Gasteiger partial charge is 0.264 e. The molecule has 1 aromatic carbocycles. The van der Waals surface area contributed by atoms with Crippen LogP contribution in [0.2, 0.25) is 0 Å². The summed E-state index contributed by atoms with van der Waals surface area (Å²) in [5.41, 5.74) is 1.18. The largest absolute Gasteiger partial charge is 0.337 e. The average Bonchev–Trinajstić information content (AvgIpc) is 2.38. The third-order valence-electron chi connectivity index (χ3n) is 3.04. The van der Waals surface area contributed by atoms with E-state index in [1.165, 1.54) is 4.90 Å². The van der Waals surface area contributed by atoms with Gasteiger partial charge in [0.05, 0.1) is 5.69 Å². The van der Waals surface area contributed by atoms with E-state index < -0.39 is 0 Å².